The summed E-state index contributed by atoms with van der Waals surface area (Å²) in [5, 5.41) is 2.02. The second kappa shape index (κ2) is 4.07. The molecular formula is C11H16N2S2. The Bertz CT molecular complexity index is 351. The molecule has 4 heteroatoms. The number of hydrogen-bond acceptors (Lipinski definition) is 4. The maximum atomic E-state index is 5.79. The highest BCUT2D eigenvalue weighted by Gasteiger charge is 2.31. The first-order valence-corrected chi connectivity index (χ1v) is 7.56. The van der Waals surface area contributed by atoms with E-state index in [0.29, 0.717) is 11.8 Å². The molecule has 2 N–H and O–H groups in total. The van der Waals surface area contributed by atoms with E-state index < -0.39 is 0 Å². The van der Waals surface area contributed by atoms with E-state index in [0.717, 1.165) is 5.92 Å². The average Bonchev–Trinajstić information content (AvgIpc) is 2.83. The van der Waals surface area contributed by atoms with Crippen molar-refractivity contribution in [3.63, 3.8) is 0 Å². The van der Waals surface area contributed by atoms with Crippen molar-refractivity contribution in [3.8, 4) is 0 Å². The third kappa shape index (κ3) is 1.95. The van der Waals surface area contributed by atoms with Gasteiger partial charge in [0, 0.05) is 17.3 Å². The molecule has 15 heavy (non-hydrogen) atoms. The maximum Gasteiger partial charge on any atom is 0.106 e. The molecule has 0 spiro atoms. The molecule has 0 bridgehead atoms. The van der Waals surface area contributed by atoms with E-state index in [1.54, 1.807) is 0 Å². The Kier molecular flexibility index (Phi) is 2.75. The van der Waals surface area contributed by atoms with Crippen LogP contribution in [0.3, 0.4) is 0 Å². The quantitative estimate of drug-likeness (QED) is 0.882. The van der Waals surface area contributed by atoms with Gasteiger partial charge in [0.25, 0.3) is 0 Å². The molecule has 1 saturated carbocycles. The first-order valence-electron chi connectivity index (χ1n) is 5.69. The number of aromatic nitrogens is 1. The maximum absolute atomic E-state index is 5.79. The van der Waals surface area contributed by atoms with Crippen LogP contribution < -0.4 is 5.73 Å². The van der Waals surface area contributed by atoms with E-state index in [1.165, 1.54) is 47.0 Å². The zero-order valence-electron chi connectivity index (χ0n) is 8.74. The van der Waals surface area contributed by atoms with Crippen molar-refractivity contribution in [2.75, 3.05) is 5.75 Å². The minimum atomic E-state index is 0.674. The van der Waals surface area contributed by atoms with Gasteiger partial charge in [0.15, 0.2) is 0 Å². The molecule has 1 aliphatic carbocycles. The van der Waals surface area contributed by atoms with Gasteiger partial charge in [-0.2, -0.15) is 11.8 Å². The van der Waals surface area contributed by atoms with Crippen molar-refractivity contribution >= 4 is 23.1 Å². The van der Waals surface area contributed by atoms with Crippen LogP contribution in [-0.4, -0.2) is 10.7 Å². The van der Waals surface area contributed by atoms with E-state index in [-0.39, 0.29) is 0 Å². The average molecular weight is 240 g/mol. The molecule has 1 saturated heterocycles. The number of hydrogen-bond donors (Lipinski definition) is 1. The number of nitrogens with two attached hydrogens (primary N) is 1. The van der Waals surface area contributed by atoms with Gasteiger partial charge in [0.05, 0.1) is 10.9 Å². The lowest BCUT2D eigenvalue weighted by Crippen LogP contribution is -1.97. The van der Waals surface area contributed by atoms with E-state index in [9.17, 15) is 0 Å². The standard InChI is InChI=1S/C11H16N2S2/c12-6-9-10(7-3-4-7)13-11(15-9)8-2-1-5-14-8/h7-8H,1-6,12H2. The molecule has 1 aromatic heterocycles. The third-order valence-electron chi connectivity index (χ3n) is 3.10. The van der Waals surface area contributed by atoms with Crippen molar-refractivity contribution in [1.29, 1.82) is 0 Å². The molecule has 2 fully saturated rings. The zero-order valence-corrected chi connectivity index (χ0v) is 10.4. The Morgan fingerprint density at radius 3 is 2.80 bits per heavy atom. The summed E-state index contributed by atoms with van der Waals surface area (Å²) in [6.07, 6.45) is 5.32. The normalized spacial score (nSPS) is 26.1. The smallest absolute Gasteiger partial charge is 0.106 e. The van der Waals surface area contributed by atoms with Gasteiger partial charge >= 0.3 is 0 Å². The molecule has 2 nitrogen and oxygen atoms in total. The van der Waals surface area contributed by atoms with Crippen LogP contribution in [-0.2, 0) is 6.54 Å². The third-order valence-corrected chi connectivity index (χ3v) is 5.84. The fraction of sp³-hybridized carbons (Fsp3) is 0.727. The molecule has 1 aliphatic heterocycles. The van der Waals surface area contributed by atoms with Crippen LogP contribution in [0.15, 0.2) is 0 Å². The van der Waals surface area contributed by atoms with Gasteiger partial charge in [-0.05, 0) is 31.4 Å². The Balaban J connectivity index is 1.88. The lowest BCUT2D eigenvalue weighted by atomic mass is 10.2. The Hall–Kier alpha value is -0.0600. The van der Waals surface area contributed by atoms with Gasteiger partial charge in [-0.3, -0.25) is 0 Å². The highest BCUT2D eigenvalue weighted by Crippen LogP contribution is 2.47. The number of thiazole rings is 1. The molecule has 82 valence electrons. The number of thioether (sulfide) groups is 1. The van der Waals surface area contributed by atoms with E-state index >= 15 is 0 Å². The summed E-state index contributed by atoms with van der Waals surface area (Å²) in [6.45, 7) is 0.681. The molecule has 3 rings (SSSR count). The Labute approximate surface area is 98.7 Å². The predicted molar refractivity (Wildman–Crippen MR) is 66.4 cm³/mol. The first kappa shape index (κ1) is 10.1. The Morgan fingerprint density at radius 2 is 2.20 bits per heavy atom. The number of rotatable bonds is 3. The molecule has 1 aromatic rings. The zero-order chi connectivity index (χ0) is 10.3. The summed E-state index contributed by atoms with van der Waals surface area (Å²) in [4.78, 5) is 6.19. The lowest BCUT2D eigenvalue weighted by molar-refractivity contribution is 0.815. The second-order valence-corrected chi connectivity index (χ2v) is 6.77. The van der Waals surface area contributed by atoms with Crippen LogP contribution in [0, 0.1) is 0 Å². The van der Waals surface area contributed by atoms with Gasteiger partial charge in [0.2, 0.25) is 0 Å². The minimum Gasteiger partial charge on any atom is -0.326 e. The summed E-state index contributed by atoms with van der Waals surface area (Å²) in [7, 11) is 0. The fourth-order valence-electron chi connectivity index (χ4n) is 2.11. The van der Waals surface area contributed by atoms with Gasteiger partial charge in [-0.15, -0.1) is 11.3 Å². The van der Waals surface area contributed by atoms with Crippen LogP contribution in [0.1, 0.15) is 52.4 Å². The van der Waals surface area contributed by atoms with E-state index in [1.807, 2.05) is 11.3 Å². The summed E-state index contributed by atoms with van der Waals surface area (Å²) in [6, 6.07) is 0. The highest BCUT2D eigenvalue weighted by molar-refractivity contribution is 7.99. The molecule has 2 aliphatic rings. The monoisotopic (exact) mass is 240 g/mol. The van der Waals surface area contributed by atoms with E-state index in [4.69, 9.17) is 10.7 Å². The van der Waals surface area contributed by atoms with Crippen molar-refractivity contribution in [2.24, 2.45) is 5.73 Å². The number of nitrogens with zero attached hydrogens (tertiary/aromatic N) is 1. The summed E-state index contributed by atoms with van der Waals surface area (Å²) >= 11 is 3.94. The lowest BCUT2D eigenvalue weighted by Gasteiger charge is -2.01. The van der Waals surface area contributed by atoms with Crippen molar-refractivity contribution in [3.05, 3.63) is 15.6 Å². The minimum absolute atomic E-state index is 0.674. The van der Waals surface area contributed by atoms with Crippen molar-refractivity contribution < 1.29 is 0 Å². The predicted octanol–water partition coefficient (Wildman–Crippen LogP) is 3.05. The van der Waals surface area contributed by atoms with Gasteiger partial charge in [-0.1, -0.05) is 0 Å². The molecule has 1 unspecified atom stereocenters. The van der Waals surface area contributed by atoms with Gasteiger partial charge < -0.3 is 5.73 Å². The van der Waals surface area contributed by atoms with Crippen LogP contribution in [0.4, 0.5) is 0 Å². The molecule has 0 amide bonds. The summed E-state index contributed by atoms with van der Waals surface area (Å²) < 4.78 is 0. The second-order valence-electron chi connectivity index (χ2n) is 4.34. The first-order chi connectivity index (χ1) is 7.38. The Morgan fingerprint density at radius 1 is 1.33 bits per heavy atom. The van der Waals surface area contributed by atoms with Gasteiger partial charge in [0.1, 0.15) is 5.01 Å². The topological polar surface area (TPSA) is 38.9 Å². The summed E-state index contributed by atoms with van der Waals surface area (Å²) in [5.41, 5.74) is 7.13. The summed E-state index contributed by atoms with van der Waals surface area (Å²) in [5.74, 6) is 2.06. The molecule has 2 heterocycles. The van der Waals surface area contributed by atoms with Crippen LogP contribution in [0.2, 0.25) is 0 Å². The van der Waals surface area contributed by atoms with Crippen LogP contribution in [0.5, 0.6) is 0 Å². The molecule has 1 atom stereocenters. The van der Waals surface area contributed by atoms with Crippen LogP contribution >= 0.6 is 23.1 Å². The van der Waals surface area contributed by atoms with E-state index in [2.05, 4.69) is 11.8 Å². The van der Waals surface area contributed by atoms with Crippen molar-refractivity contribution in [1.82, 2.24) is 4.98 Å². The van der Waals surface area contributed by atoms with Crippen LogP contribution in [0.25, 0.3) is 0 Å². The highest BCUT2D eigenvalue weighted by atomic mass is 32.2. The molecule has 0 aromatic carbocycles. The largest absolute Gasteiger partial charge is 0.326 e. The molecule has 0 radical (unpaired) electrons. The van der Waals surface area contributed by atoms with Crippen molar-refractivity contribution in [2.45, 2.75) is 43.4 Å². The van der Waals surface area contributed by atoms with Gasteiger partial charge in [-0.25, -0.2) is 4.98 Å². The molecular weight excluding hydrogens is 224 g/mol. The SMILES string of the molecule is NCc1sc(C2CCCS2)nc1C1CC1. The fourth-order valence-corrected chi connectivity index (χ4v) is 4.66.